The molecule has 0 aliphatic heterocycles. The topological polar surface area (TPSA) is 94.0 Å². The van der Waals surface area contributed by atoms with Crippen LogP contribution in [0.25, 0.3) is 232 Å². The molecule has 0 unspecified atom stereocenters. The van der Waals surface area contributed by atoms with Crippen molar-refractivity contribution in [3.05, 3.63) is 480 Å². The Balaban J connectivity index is 0.000000106. The minimum atomic E-state index is 0.721. The van der Waals surface area contributed by atoms with Gasteiger partial charge in [0.15, 0.2) is 5.82 Å². The van der Waals surface area contributed by atoms with Crippen LogP contribution in [0.2, 0.25) is 0 Å². The molecule has 0 amide bonds. The zero-order valence-corrected chi connectivity index (χ0v) is 71.5. The van der Waals surface area contributed by atoms with E-state index in [1.807, 2.05) is 42.7 Å². The molecule has 0 fully saturated rings. The molecule has 0 saturated heterocycles. The first-order valence-electron chi connectivity index (χ1n) is 44.7. The van der Waals surface area contributed by atoms with Crippen LogP contribution in [0.3, 0.4) is 0 Å². The Labute approximate surface area is 759 Å². The van der Waals surface area contributed by atoms with Gasteiger partial charge in [0.1, 0.15) is 0 Å². The molecule has 0 aliphatic carbocycles. The van der Waals surface area contributed by atoms with E-state index in [9.17, 15) is 0 Å². The highest BCUT2D eigenvalue weighted by Gasteiger charge is 2.25. The van der Waals surface area contributed by atoms with Gasteiger partial charge in [-0.05, 0) is 186 Å². The Morgan fingerprint density at radius 1 is 0.189 bits per heavy atom. The zero-order valence-electron chi connectivity index (χ0n) is 71.5. The fourth-order valence-electron chi connectivity index (χ4n) is 19.9. The molecule has 17 aromatic carbocycles. The second-order valence-electron chi connectivity index (χ2n) is 33.5. The molecule has 10 heterocycles. The van der Waals surface area contributed by atoms with Gasteiger partial charge in [-0.2, -0.15) is 0 Å². The number of rotatable bonds is 12. The number of hydrogen-bond donors (Lipinski definition) is 0. The lowest BCUT2D eigenvalue weighted by Crippen LogP contribution is -1.98. The molecular weight excluding hydrogens is 1610 g/mol. The van der Waals surface area contributed by atoms with Gasteiger partial charge in [0.25, 0.3) is 0 Å². The minimum Gasteiger partial charge on any atom is -0.316 e. The second kappa shape index (κ2) is 32.2. The van der Waals surface area contributed by atoms with Gasteiger partial charge >= 0.3 is 0 Å². The zero-order chi connectivity index (χ0) is 87.1. The fraction of sp³-hybridized carbons (Fsp3) is 0. The Morgan fingerprint density at radius 2 is 0.583 bits per heavy atom. The Kier molecular flexibility index (Phi) is 18.7. The summed E-state index contributed by atoms with van der Waals surface area (Å²) in [4.78, 5) is 25.0. The molecule has 618 valence electrons. The van der Waals surface area contributed by atoms with Gasteiger partial charge in [0.2, 0.25) is 0 Å². The van der Waals surface area contributed by atoms with Gasteiger partial charge in [-0.1, -0.05) is 279 Å². The van der Waals surface area contributed by atoms with E-state index >= 15 is 0 Å². The van der Waals surface area contributed by atoms with E-state index in [2.05, 4.69) is 470 Å². The summed E-state index contributed by atoms with van der Waals surface area (Å²) in [6.07, 6.45) is 10.3. The fourth-order valence-corrected chi connectivity index (χ4v) is 19.9. The third kappa shape index (κ3) is 13.2. The number of aromatic nitrogens is 11. The first-order chi connectivity index (χ1) is 65.5. The molecule has 0 atom stereocenters. The first-order valence-corrected chi connectivity index (χ1v) is 44.7. The van der Waals surface area contributed by atoms with Crippen molar-refractivity contribution in [2.75, 3.05) is 0 Å². The van der Waals surface area contributed by atoms with Crippen molar-refractivity contribution in [2.24, 2.45) is 0 Å². The minimum absolute atomic E-state index is 0.721. The van der Waals surface area contributed by atoms with Gasteiger partial charge in [-0.3, -0.25) is 4.98 Å². The lowest BCUT2D eigenvalue weighted by Gasteiger charge is -2.12. The average molecular weight is 1690 g/mol. The predicted octanol–water partition coefficient (Wildman–Crippen LogP) is 30.6. The van der Waals surface area contributed by atoms with Crippen LogP contribution >= 0.6 is 0 Å². The van der Waals surface area contributed by atoms with E-state index in [0.717, 1.165) is 134 Å². The molecule has 11 nitrogen and oxygen atoms in total. The van der Waals surface area contributed by atoms with E-state index < -0.39 is 0 Å². The van der Waals surface area contributed by atoms with Crippen LogP contribution in [0, 0.1) is 0 Å². The molecule has 11 heteroatoms. The highest BCUT2D eigenvalue weighted by molar-refractivity contribution is 6.22. The lowest BCUT2D eigenvalue weighted by molar-refractivity contribution is 1.12. The second-order valence-corrected chi connectivity index (χ2v) is 33.5. The van der Waals surface area contributed by atoms with Gasteiger partial charge in [-0.25, -0.2) is 19.9 Å². The van der Waals surface area contributed by atoms with Gasteiger partial charge in [0.05, 0.1) is 83.5 Å². The quantitative estimate of drug-likeness (QED) is 0.121. The maximum Gasteiger partial charge on any atom is 0.160 e. The molecular formula is C121H79N11. The molecule has 0 N–H and O–H groups in total. The summed E-state index contributed by atoms with van der Waals surface area (Å²) >= 11 is 0. The lowest BCUT2D eigenvalue weighted by atomic mass is 9.98. The van der Waals surface area contributed by atoms with E-state index in [1.165, 1.54) is 98.0 Å². The molecule has 10 aromatic heterocycles. The van der Waals surface area contributed by atoms with Crippen LogP contribution < -0.4 is 0 Å². The Hall–Kier alpha value is -17.9. The summed E-state index contributed by atoms with van der Waals surface area (Å²) in [5.74, 6) is 0.721. The van der Waals surface area contributed by atoms with Crippen molar-refractivity contribution in [1.82, 2.24) is 52.3 Å². The molecule has 0 saturated carbocycles. The monoisotopic (exact) mass is 1690 g/mol. The summed E-state index contributed by atoms with van der Waals surface area (Å²) < 4.78 is 14.1. The number of fused-ring (bicyclic) bond motifs is 18. The smallest absolute Gasteiger partial charge is 0.160 e. The Bertz CT molecular complexity index is 8750. The molecule has 0 aliphatic rings. The number of nitrogens with zero attached hydrogens (tertiary/aromatic N) is 11. The van der Waals surface area contributed by atoms with Crippen molar-refractivity contribution < 1.29 is 0 Å². The normalized spacial score (nSPS) is 11.6. The molecule has 27 aromatic rings. The standard InChI is InChI=1S/C41H27N3.2C40H26N4/c1-4-12-28(13-5-1)40-33-19-11-10-14-29(33)27-37(42-40)30-20-22-39-36(26-30)34-21-23-38-35(24-25-43(38)31-15-6-2-7-16-31)41(34)44(39)32-17-8-3-9-18-32;1-4-12-27(13-5-1)37-33-18-10-11-19-35(33)41-40(42-37)29-21-23-36-34(26-29)32-22-20-28-24-25-43(30-14-6-2-7-15-30)38(28)39(32)44(36)31-16-8-3-9-17-31;1-4-10-27(11-5-1)33-25-37(42-36-20-22-41-26-35(33)36)28-16-18-39-34(24-28)31-17-19-38-32(21-23-43(38)29-12-6-2-7-13-29)40(31)44(39)30-14-8-3-9-15-30/h1-27H;2*1-26H. The average Bonchev–Trinajstić information content (AvgIpc) is 1.57. The van der Waals surface area contributed by atoms with Crippen LogP contribution in [-0.2, 0) is 0 Å². The summed E-state index contributed by atoms with van der Waals surface area (Å²) in [5.41, 5.74) is 30.9. The van der Waals surface area contributed by atoms with Gasteiger partial charge in [0, 0.05) is 158 Å². The van der Waals surface area contributed by atoms with Crippen molar-refractivity contribution >= 4 is 131 Å². The number of benzene rings is 17. The molecule has 27 rings (SSSR count). The van der Waals surface area contributed by atoms with Crippen molar-refractivity contribution in [1.29, 1.82) is 0 Å². The third-order valence-electron chi connectivity index (χ3n) is 25.9. The first kappa shape index (κ1) is 76.5. The summed E-state index contributed by atoms with van der Waals surface area (Å²) in [6, 6.07) is 159. The van der Waals surface area contributed by atoms with Crippen LogP contribution in [-0.4, -0.2) is 52.3 Å². The van der Waals surface area contributed by atoms with Crippen LogP contribution in [0.15, 0.2) is 480 Å². The summed E-state index contributed by atoms with van der Waals surface area (Å²) in [7, 11) is 0. The van der Waals surface area contributed by atoms with E-state index in [-0.39, 0.29) is 0 Å². The highest BCUT2D eigenvalue weighted by atomic mass is 15.0. The van der Waals surface area contributed by atoms with E-state index in [0.29, 0.717) is 0 Å². The summed E-state index contributed by atoms with van der Waals surface area (Å²) in [6.45, 7) is 0. The summed E-state index contributed by atoms with van der Waals surface area (Å²) in [5, 5.41) is 15.3. The molecule has 0 spiro atoms. The number of pyridine rings is 3. The number of para-hydroxylation sites is 7. The van der Waals surface area contributed by atoms with Crippen molar-refractivity contribution in [3.8, 4) is 102 Å². The molecule has 0 bridgehead atoms. The SMILES string of the molecule is c1ccc(-c2cc(-c3ccc4c(c3)c3ccc5c(ccn5-c5ccccc5)c3n4-c3ccccc3)nc3ccncc23)cc1.c1ccc(-c2nc(-c3ccc4c(c3)c3ccc5c(ccn5-c5ccccc5)c3n4-c3ccccc3)cc3ccccc23)cc1.c1ccc(-c2nc(-c3ccc4c(c3)c3ccc5ccn(-c6ccccc6)c5c3n4-c3ccccc3)nc3ccccc23)cc1. The molecule has 0 radical (unpaired) electrons. The largest absolute Gasteiger partial charge is 0.316 e. The van der Waals surface area contributed by atoms with Crippen LogP contribution in [0.5, 0.6) is 0 Å². The third-order valence-corrected chi connectivity index (χ3v) is 25.9. The van der Waals surface area contributed by atoms with Crippen molar-refractivity contribution in [3.63, 3.8) is 0 Å². The highest BCUT2D eigenvalue weighted by Crippen LogP contribution is 2.46. The number of hydrogen-bond acceptors (Lipinski definition) is 5. The van der Waals surface area contributed by atoms with E-state index in [1.54, 1.807) is 0 Å². The van der Waals surface area contributed by atoms with Crippen LogP contribution in [0.1, 0.15) is 0 Å². The van der Waals surface area contributed by atoms with Crippen LogP contribution in [0.4, 0.5) is 0 Å². The predicted molar refractivity (Wildman–Crippen MR) is 547 cm³/mol. The van der Waals surface area contributed by atoms with E-state index in [4.69, 9.17) is 19.9 Å². The Morgan fingerprint density at radius 3 is 1.11 bits per heavy atom. The van der Waals surface area contributed by atoms with Gasteiger partial charge in [-0.15, -0.1) is 0 Å². The maximum atomic E-state index is 5.27. The maximum absolute atomic E-state index is 5.27. The van der Waals surface area contributed by atoms with Crippen molar-refractivity contribution in [2.45, 2.75) is 0 Å². The van der Waals surface area contributed by atoms with Gasteiger partial charge < -0.3 is 27.4 Å². The molecule has 132 heavy (non-hydrogen) atoms.